The molecule has 0 N–H and O–H groups in total. The summed E-state index contributed by atoms with van der Waals surface area (Å²) in [7, 11) is 1.59. The molecule has 5 heteroatoms. The highest BCUT2D eigenvalue weighted by Crippen LogP contribution is 2.36. The zero-order valence-electron chi connectivity index (χ0n) is 12.9. The molecule has 0 radical (unpaired) electrons. The third-order valence-electron chi connectivity index (χ3n) is 3.27. The van der Waals surface area contributed by atoms with Crippen LogP contribution in [0.15, 0.2) is 40.8 Å². The topological polar surface area (TPSA) is 44.5 Å². The predicted octanol–water partition coefficient (Wildman–Crippen LogP) is 5.06. The Hall–Kier alpha value is -2.46. The van der Waals surface area contributed by atoms with E-state index in [0.29, 0.717) is 29.0 Å². The first kappa shape index (κ1) is 15.4. The first-order valence-corrected chi connectivity index (χ1v) is 7.63. The van der Waals surface area contributed by atoms with Crippen LogP contribution in [0.5, 0.6) is 11.5 Å². The van der Waals surface area contributed by atoms with Crippen LogP contribution in [-0.2, 0) is 0 Å². The second-order valence-corrected chi connectivity index (χ2v) is 5.23. The van der Waals surface area contributed by atoms with E-state index in [1.165, 1.54) is 0 Å². The van der Waals surface area contributed by atoms with Crippen molar-refractivity contribution < 1.29 is 13.9 Å². The van der Waals surface area contributed by atoms with Gasteiger partial charge in [-0.3, -0.25) is 0 Å². The van der Waals surface area contributed by atoms with Gasteiger partial charge in [0.2, 0.25) is 5.89 Å². The highest BCUT2D eigenvalue weighted by atomic mass is 35.5. The molecular formula is C18H16ClNO3. The Balaban J connectivity index is 1.91. The number of methoxy groups -OCH3 is 1. The Kier molecular flexibility index (Phi) is 4.53. The highest BCUT2D eigenvalue weighted by Gasteiger charge is 2.10. The number of oxazole rings is 1. The lowest BCUT2D eigenvalue weighted by Crippen LogP contribution is -1.96. The predicted molar refractivity (Wildman–Crippen MR) is 92.1 cm³/mol. The van der Waals surface area contributed by atoms with Crippen molar-refractivity contribution in [1.29, 1.82) is 0 Å². The first-order valence-electron chi connectivity index (χ1n) is 7.25. The van der Waals surface area contributed by atoms with E-state index in [4.69, 9.17) is 25.5 Å². The molecule has 23 heavy (non-hydrogen) atoms. The quantitative estimate of drug-likeness (QED) is 0.656. The van der Waals surface area contributed by atoms with Crippen molar-refractivity contribution in [2.24, 2.45) is 0 Å². The van der Waals surface area contributed by atoms with Crippen molar-refractivity contribution in [1.82, 2.24) is 4.98 Å². The number of hydrogen-bond donors (Lipinski definition) is 0. The number of fused-ring (bicyclic) bond motifs is 1. The molecule has 1 heterocycles. The summed E-state index contributed by atoms with van der Waals surface area (Å²) in [4.78, 5) is 4.40. The van der Waals surface area contributed by atoms with Gasteiger partial charge in [-0.25, -0.2) is 4.98 Å². The molecule has 0 fully saturated rings. The molecule has 118 valence electrons. The molecule has 0 spiro atoms. The van der Waals surface area contributed by atoms with E-state index in [-0.39, 0.29) is 0 Å². The summed E-state index contributed by atoms with van der Waals surface area (Å²) < 4.78 is 16.5. The Morgan fingerprint density at radius 1 is 1.22 bits per heavy atom. The maximum Gasteiger partial charge on any atom is 0.220 e. The van der Waals surface area contributed by atoms with Crippen LogP contribution >= 0.6 is 11.6 Å². The summed E-state index contributed by atoms with van der Waals surface area (Å²) >= 11 is 6.26. The van der Waals surface area contributed by atoms with Crippen molar-refractivity contribution in [2.75, 3.05) is 13.7 Å². The number of nitrogens with zero attached hydrogens (tertiary/aromatic N) is 1. The number of halogens is 1. The third-order valence-corrected chi connectivity index (χ3v) is 3.55. The Morgan fingerprint density at radius 2 is 2.04 bits per heavy atom. The minimum Gasteiger partial charge on any atom is -0.493 e. The van der Waals surface area contributed by atoms with Crippen molar-refractivity contribution >= 4 is 34.9 Å². The summed E-state index contributed by atoms with van der Waals surface area (Å²) in [5.74, 6) is 1.68. The van der Waals surface area contributed by atoms with E-state index < -0.39 is 0 Å². The van der Waals surface area contributed by atoms with Gasteiger partial charge < -0.3 is 13.9 Å². The maximum atomic E-state index is 6.26. The smallest absolute Gasteiger partial charge is 0.220 e. The fraction of sp³-hybridized carbons (Fsp3) is 0.167. The van der Waals surface area contributed by atoms with Crippen LogP contribution in [0.3, 0.4) is 0 Å². The zero-order chi connectivity index (χ0) is 16.2. The Labute approximate surface area is 139 Å². The van der Waals surface area contributed by atoms with Gasteiger partial charge in [-0.2, -0.15) is 0 Å². The van der Waals surface area contributed by atoms with Crippen LogP contribution in [-0.4, -0.2) is 18.7 Å². The minimum absolute atomic E-state index is 0.503. The molecule has 0 bridgehead atoms. The highest BCUT2D eigenvalue weighted by molar-refractivity contribution is 6.32. The SMILES string of the molecule is CCOc1c(Cl)cc(/C=C/c2nc3ccccc3o2)cc1OC. The van der Waals surface area contributed by atoms with E-state index in [1.54, 1.807) is 13.2 Å². The van der Waals surface area contributed by atoms with Gasteiger partial charge in [-0.1, -0.05) is 23.7 Å². The van der Waals surface area contributed by atoms with E-state index in [2.05, 4.69) is 4.98 Å². The third kappa shape index (κ3) is 3.32. The number of para-hydroxylation sites is 2. The van der Waals surface area contributed by atoms with E-state index in [1.807, 2.05) is 49.4 Å². The molecule has 1 aromatic heterocycles. The van der Waals surface area contributed by atoms with Gasteiger partial charge in [-0.15, -0.1) is 0 Å². The summed E-state index contributed by atoms with van der Waals surface area (Å²) in [5.41, 5.74) is 2.46. The number of rotatable bonds is 5. The van der Waals surface area contributed by atoms with Crippen molar-refractivity contribution in [2.45, 2.75) is 6.92 Å². The monoisotopic (exact) mass is 329 g/mol. The molecule has 0 unspecified atom stereocenters. The van der Waals surface area contributed by atoms with Crippen molar-refractivity contribution in [3.05, 3.63) is 52.9 Å². The molecule has 0 atom stereocenters. The second kappa shape index (κ2) is 6.75. The van der Waals surface area contributed by atoms with Gasteiger partial charge in [-0.05, 0) is 42.8 Å². The van der Waals surface area contributed by atoms with Crippen LogP contribution in [0.4, 0.5) is 0 Å². The molecular weight excluding hydrogens is 314 g/mol. The van der Waals surface area contributed by atoms with Gasteiger partial charge >= 0.3 is 0 Å². The lowest BCUT2D eigenvalue weighted by atomic mass is 10.2. The average molecular weight is 330 g/mol. The maximum absolute atomic E-state index is 6.26. The normalized spacial score (nSPS) is 11.3. The number of hydrogen-bond acceptors (Lipinski definition) is 4. The second-order valence-electron chi connectivity index (χ2n) is 4.82. The van der Waals surface area contributed by atoms with Gasteiger partial charge in [0.15, 0.2) is 17.1 Å². The van der Waals surface area contributed by atoms with Crippen LogP contribution < -0.4 is 9.47 Å². The van der Waals surface area contributed by atoms with Gasteiger partial charge in [0.05, 0.1) is 18.7 Å². The van der Waals surface area contributed by atoms with Crippen LogP contribution in [0.25, 0.3) is 23.3 Å². The minimum atomic E-state index is 0.503. The largest absolute Gasteiger partial charge is 0.493 e. The standard InChI is InChI=1S/C18H16ClNO3/c1-3-22-18-13(19)10-12(11-16(18)21-2)8-9-17-20-14-6-4-5-7-15(14)23-17/h4-11H,3H2,1-2H3/b9-8+. The lowest BCUT2D eigenvalue weighted by Gasteiger charge is -2.11. The molecule has 0 amide bonds. The van der Waals surface area contributed by atoms with Crippen LogP contribution in [0.2, 0.25) is 5.02 Å². The molecule has 3 aromatic rings. The molecule has 0 saturated heterocycles. The van der Waals surface area contributed by atoms with Gasteiger partial charge in [0.25, 0.3) is 0 Å². The van der Waals surface area contributed by atoms with Gasteiger partial charge in [0, 0.05) is 6.08 Å². The van der Waals surface area contributed by atoms with E-state index >= 15 is 0 Å². The fourth-order valence-corrected chi connectivity index (χ4v) is 2.52. The molecule has 2 aromatic carbocycles. The number of benzene rings is 2. The van der Waals surface area contributed by atoms with Crippen LogP contribution in [0.1, 0.15) is 18.4 Å². The molecule has 0 aliphatic carbocycles. The first-order chi connectivity index (χ1) is 11.2. The number of aromatic nitrogens is 1. The molecule has 0 aliphatic heterocycles. The Bertz CT molecular complexity index is 822. The van der Waals surface area contributed by atoms with Crippen molar-refractivity contribution in [3.63, 3.8) is 0 Å². The Morgan fingerprint density at radius 3 is 2.78 bits per heavy atom. The summed E-state index contributed by atoms with van der Waals surface area (Å²) in [5, 5.41) is 0.503. The lowest BCUT2D eigenvalue weighted by molar-refractivity contribution is 0.311. The zero-order valence-corrected chi connectivity index (χ0v) is 13.6. The fourth-order valence-electron chi connectivity index (χ4n) is 2.25. The van der Waals surface area contributed by atoms with E-state index in [9.17, 15) is 0 Å². The summed E-state index contributed by atoms with van der Waals surface area (Å²) in [6, 6.07) is 11.3. The summed E-state index contributed by atoms with van der Waals surface area (Å²) in [6.45, 7) is 2.42. The average Bonchev–Trinajstić information content (AvgIpc) is 2.98. The molecule has 4 nitrogen and oxygen atoms in total. The molecule has 0 saturated carbocycles. The number of ether oxygens (including phenoxy) is 2. The molecule has 0 aliphatic rings. The summed E-state index contributed by atoms with van der Waals surface area (Å²) in [6.07, 6.45) is 3.67. The molecule has 3 rings (SSSR count). The van der Waals surface area contributed by atoms with Crippen molar-refractivity contribution in [3.8, 4) is 11.5 Å². The van der Waals surface area contributed by atoms with Crippen LogP contribution in [0, 0.1) is 0 Å². The van der Waals surface area contributed by atoms with Gasteiger partial charge in [0.1, 0.15) is 5.52 Å². The van der Waals surface area contributed by atoms with E-state index in [0.717, 1.165) is 16.7 Å².